The quantitative estimate of drug-likeness (QED) is 0.530. The van der Waals surface area contributed by atoms with Crippen molar-refractivity contribution in [1.29, 1.82) is 0 Å². The lowest BCUT2D eigenvalue weighted by Gasteiger charge is -2.26. The van der Waals surface area contributed by atoms with Crippen molar-refractivity contribution in [3.8, 4) is 0 Å². The number of hydrogen-bond acceptors (Lipinski definition) is 6. The molecule has 9 nitrogen and oxygen atoms in total. The second-order valence-electron chi connectivity index (χ2n) is 9.01. The summed E-state index contributed by atoms with van der Waals surface area (Å²) in [5, 5.41) is 2.77. The van der Waals surface area contributed by atoms with Gasteiger partial charge in [0.05, 0.1) is 42.9 Å². The molecular weight excluding hydrogens is 475 g/mol. The van der Waals surface area contributed by atoms with Crippen molar-refractivity contribution >= 4 is 15.9 Å². The van der Waals surface area contributed by atoms with E-state index in [1.807, 2.05) is 6.92 Å². The number of aromatic nitrogens is 2. The van der Waals surface area contributed by atoms with Crippen LogP contribution in [0.15, 0.2) is 35.6 Å². The predicted octanol–water partition coefficient (Wildman–Crippen LogP) is 2.89. The van der Waals surface area contributed by atoms with E-state index in [0.29, 0.717) is 44.1 Å². The number of nitrogens with one attached hydrogen (secondary N) is 1. The van der Waals surface area contributed by atoms with E-state index >= 15 is 0 Å². The van der Waals surface area contributed by atoms with Gasteiger partial charge in [-0.25, -0.2) is 22.6 Å². The number of halogens is 1. The summed E-state index contributed by atoms with van der Waals surface area (Å²) in [7, 11) is -3.84. The van der Waals surface area contributed by atoms with Crippen LogP contribution in [0.2, 0.25) is 0 Å². The minimum Gasteiger partial charge on any atom is -0.376 e. The molecule has 1 aromatic carbocycles. The van der Waals surface area contributed by atoms with Crippen LogP contribution in [0.5, 0.6) is 0 Å². The topological polar surface area (TPSA) is 103 Å². The van der Waals surface area contributed by atoms with Gasteiger partial charge in [-0.2, -0.15) is 0 Å². The number of ether oxygens (including phenoxy) is 2. The lowest BCUT2D eigenvalue weighted by molar-refractivity contribution is 0.0772. The Labute approximate surface area is 205 Å². The van der Waals surface area contributed by atoms with Gasteiger partial charge in [-0.05, 0) is 50.3 Å². The van der Waals surface area contributed by atoms with Gasteiger partial charge < -0.3 is 24.3 Å². The number of imidazole rings is 1. The fraction of sp³-hybridized carbons (Fsp3) is 0.583. The Bertz CT molecular complexity index is 1090. The number of benzene rings is 1. The van der Waals surface area contributed by atoms with Crippen molar-refractivity contribution in [2.24, 2.45) is 0 Å². The third-order valence-corrected chi connectivity index (χ3v) is 7.87. The zero-order valence-corrected chi connectivity index (χ0v) is 20.8. The van der Waals surface area contributed by atoms with Crippen LogP contribution in [0.4, 0.5) is 9.18 Å². The highest BCUT2D eigenvalue weighted by atomic mass is 32.2. The minimum absolute atomic E-state index is 0.0474. The van der Waals surface area contributed by atoms with Gasteiger partial charge in [0.25, 0.3) is 0 Å². The fourth-order valence-electron chi connectivity index (χ4n) is 4.53. The van der Waals surface area contributed by atoms with Gasteiger partial charge in [-0.15, -0.1) is 0 Å². The van der Waals surface area contributed by atoms with Crippen LogP contribution >= 0.6 is 0 Å². The maximum absolute atomic E-state index is 13.4. The number of rotatable bonds is 10. The maximum Gasteiger partial charge on any atom is 0.317 e. The molecular formula is C24H33FN4O5S. The van der Waals surface area contributed by atoms with Crippen molar-refractivity contribution in [3.05, 3.63) is 47.5 Å². The SMILES string of the molecule is CCNC(=O)N(Cc1cnc(S(=O)(=O)Cc2ccc(F)cc2)n1C[C@H]1CCCO1)C[C@@H]1CCCO1. The van der Waals surface area contributed by atoms with Gasteiger partial charge in [0, 0.05) is 26.3 Å². The molecule has 192 valence electrons. The van der Waals surface area contributed by atoms with Crippen LogP contribution in [-0.4, -0.2) is 67.4 Å². The first-order valence-corrected chi connectivity index (χ1v) is 13.8. The zero-order valence-electron chi connectivity index (χ0n) is 20.0. The molecule has 11 heteroatoms. The van der Waals surface area contributed by atoms with E-state index in [1.165, 1.54) is 30.5 Å². The molecule has 2 atom stereocenters. The zero-order chi connectivity index (χ0) is 24.8. The molecule has 1 N–H and O–H groups in total. The summed E-state index contributed by atoms with van der Waals surface area (Å²) in [6.45, 7) is 4.58. The Balaban J connectivity index is 1.62. The Kier molecular flexibility index (Phi) is 8.40. The van der Waals surface area contributed by atoms with Crippen LogP contribution in [0.1, 0.15) is 43.9 Å². The smallest absolute Gasteiger partial charge is 0.317 e. The van der Waals surface area contributed by atoms with Crippen LogP contribution < -0.4 is 5.32 Å². The summed E-state index contributed by atoms with van der Waals surface area (Å²) in [5.41, 5.74) is 1.09. The second kappa shape index (κ2) is 11.5. The molecule has 0 unspecified atom stereocenters. The molecule has 2 saturated heterocycles. The van der Waals surface area contributed by atoms with E-state index in [0.717, 1.165) is 25.7 Å². The number of hydrogen-bond donors (Lipinski definition) is 1. The average molecular weight is 509 g/mol. The summed E-state index contributed by atoms with van der Waals surface area (Å²) >= 11 is 0. The van der Waals surface area contributed by atoms with Crippen LogP contribution in [0, 0.1) is 5.82 Å². The molecule has 35 heavy (non-hydrogen) atoms. The van der Waals surface area contributed by atoms with Crippen LogP contribution in [0.3, 0.4) is 0 Å². The van der Waals surface area contributed by atoms with Crippen molar-refractivity contribution in [2.45, 2.75) is 68.8 Å². The van der Waals surface area contributed by atoms with Gasteiger partial charge in [0.15, 0.2) is 0 Å². The monoisotopic (exact) mass is 508 g/mol. The average Bonchev–Trinajstić information content (AvgIpc) is 3.59. The van der Waals surface area contributed by atoms with Crippen molar-refractivity contribution < 1.29 is 27.1 Å². The van der Waals surface area contributed by atoms with Crippen molar-refractivity contribution in [2.75, 3.05) is 26.3 Å². The van der Waals surface area contributed by atoms with E-state index < -0.39 is 15.7 Å². The first-order valence-electron chi connectivity index (χ1n) is 12.1. The molecule has 0 bridgehead atoms. The lowest BCUT2D eigenvalue weighted by Crippen LogP contribution is -2.43. The Hall–Kier alpha value is -2.50. The predicted molar refractivity (Wildman–Crippen MR) is 127 cm³/mol. The van der Waals surface area contributed by atoms with E-state index in [-0.39, 0.29) is 35.7 Å². The number of carbonyl (C=O) groups excluding carboxylic acids is 1. The molecule has 0 radical (unpaired) electrons. The van der Waals surface area contributed by atoms with E-state index in [1.54, 1.807) is 9.47 Å². The molecule has 2 aliphatic heterocycles. The number of amides is 2. The third kappa shape index (κ3) is 6.59. The summed E-state index contributed by atoms with van der Waals surface area (Å²) < 4.78 is 53.2. The number of carbonyl (C=O) groups is 1. The van der Waals surface area contributed by atoms with E-state index in [4.69, 9.17) is 9.47 Å². The van der Waals surface area contributed by atoms with Crippen LogP contribution in [0.25, 0.3) is 0 Å². The molecule has 2 fully saturated rings. The molecule has 1 aromatic heterocycles. The maximum atomic E-state index is 13.4. The lowest BCUT2D eigenvalue weighted by atomic mass is 10.2. The van der Waals surface area contributed by atoms with E-state index in [2.05, 4.69) is 10.3 Å². The van der Waals surface area contributed by atoms with Crippen molar-refractivity contribution in [1.82, 2.24) is 19.8 Å². The van der Waals surface area contributed by atoms with Gasteiger partial charge >= 0.3 is 6.03 Å². The third-order valence-electron chi connectivity index (χ3n) is 6.28. The van der Waals surface area contributed by atoms with Crippen molar-refractivity contribution in [3.63, 3.8) is 0 Å². The molecule has 0 spiro atoms. The molecule has 2 amide bonds. The number of urea groups is 1. The Morgan fingerprint density at radius 1 is 1.17 bits per heavy atom. The molecule has 2 aliphatic rings. The van der Waals surface area contributed by atoms with E-state index in [9.17, 15) is 17.6 Å². The minimum atomic E-state index is -3.84. The summed E-state index contributed by atoms with van der Waals surface area (Å²) in [6, 6.07) is 5.16. The summed E-state index contributed by atoms with van der Waals surface area (Å²) in [6.07, 6.45) is 4.92. The first kappa shape index (κ1) is 25.6. The van der Waals surface area contributed by atoms with Gasteiger partial charge in [-0.1, -0.05) is 12.1 Å². The van der Waals surface area contributed by atoms with Crippen LogP contribution in [-0.2, 0) is 38.2 Å². The summed E-state index contributed by atoms with van der Waals surface area (Å²) in [5.74, 6) is -0.726. The molecule has 0 saturated carbocycles. The standard InChI is InChI=1S/C24H33FN4O5S/c1-2-26-23(30)28(15-21-5-3-11-33-21)14-20-13-27-24(29(20)16-22-6-4-12-34-22)35(31,32)17-18-7-9-19(25)10-8-18/h7-10,13,21-22H,2-6,11-12,14-17H2,1H3,(H,26,30)/t21-,22+/m0/s1. The highest BCUT2D eigenvalue weighted by Crippen LogP contribution is 2.23. The summed E-state index contributed by atoms with van der Waals surface area (Å²) in [4.78, 5) is 18.8. The molecule has 0 aliphatic carbocycles. The fourth-order valence-corrected chi connectivity index (χ4v) is 6.03. The Morgan fingerprint density at radius 3 is 2.49 bits per heavy atom. The number of nitrogens with zero attached hydrogens (tertiary/aromatic N) is 3. The molecule has 2 aromatic rings. The molecule has 4 rings (SSSR count). The van der Waals surface area contributed by atoms with Gasteiger partial charge in [0.2, 0.25) is 15.0 Å². The second-order valence-corrected chi connectivity index (χ2v) is 10.9. The Morgan fingerprint density at radius 2 is 1.86 bits per heavy atom. The van der Waals surface area contributed by atoms with Gasteiger partial charge in [-0.3, -0.25) is 0 Å². The van der Waals surface area contributed by atoms with Gasteiger partial charge in [0.1, 0.15) is 5.82 Å². The normalized spacial score (nSPS) is 20.3. The largest absolute Gasteiger partial charge is 0.376 e. The highest BCUT2D eigenvalue weighted by Gasteiger charge is 2.29. The molecule has 3 heterocycles. The first-order chi connectivity index (χ1) is 16.9. The highest BCUT2D eigenvalue weighted by molar-refractivity contribution is 7.90. The number of sulfone groups is 1.